The number of aromatic nitrogens is 2. The van der Waals surface area contributed by atoms with Crippen LogP contribution in [-0.4, -0.2) is 65.0 Å². The fraction of sp³-hybridized carbons (Fsp3) is 0.438. The van der Waals surface area contributed by atoms with Gasteiger partial charge in [0.25, 0.3) is 5.56 Å². The first-order chi connectivity index (χ1) is 12.3. The average molecular weight is 382 g/mol. The van der Waals surface area contributed by atoms with Gasteiger partial charge in [0, 0.05) is 26.2 Å². The summed E-state index contributed by atoms with van der Waals surface area (Å²) in [4.78, 5) is 30.5. The molecule has 1 fully saturated rings. The van der Waals surface area contributed by atoms with Gasteiger partial charge < -0.3 is 4.90 Å². The molecule has 0 bridgehead atoms. The summed E-state index contributed by atoms with van der Waals surface area (Å²) in [6.45, 7) is 2.36. The Hall–Kier alpha value is -2.33. The van der Waals surface area contributed by atoms with E-state index < -0.39 is 21.4 Å². The van der Waals surface area contributed by atoms with Gasteiger partial charge in [-0.1, -0.05) is 0 Å². The second-order valence-electron chi connectivity index (χ2n) is 6.02. The largest absolute Gasteiger partial charge is 0.338 e. The van der Waals surface area contributed by atoms with E-state index in [1.165, 1.54) is 27.7 Å². The first kappa shape index (κ1) is 18.5. The van der Waals surface area contributed by atoms with Crippen molar-refractivity contribution < 1.29 is 17.6 Å². The summed E-state index contributed by atoms with van der Waals surface area (Å²) in [5.41, 5.74) is -0.131. The van der Waals surface area contributed by atoms with Crippen LogP contribution in [-0.2, 0) is 21.4 Å². The smallest absolute Gasteiger partial charge is 0.261 e. The topological polar surface area (TPSA) is 92.6 Å². The Labute approximate surface area is 149 Å². The van der Waals surface area contributed by atoms with Gasteiger partial charge in [0.05, 0.1) is 23.0 Å². The summed E-state index contributed by atoms with van der Waals surface area (Å²) in [5.74, 6) is -0.831. The summed E-state index contributed by atoms with van der Waals surface area (Å²) in [6, 6.07) is 3.72. The molecule has 1 aromatic heterocycles. The zero-order valence-electron chi connectivity index (χ0n) is 14.3. The number of hydrogen-bond donors (Lipinski definition) is 0. The predicted octanol–water partition coefficient (Wildman–Crippen LogP) is 0.0295. The van der Waals surface area contributed by atoms with E-state index in [1.807, 2.05) is 0 Å². The number of carbonyl (C=O) groups excluding carboxylic acids is 1. The van der Waals surface area contributed by atoms with Gasteiger partial charge in [0.2, 0.25) is 15.9 Å². The predicted molar refractivity (Wildman–Crippen MR) is 93.6 cm³/mol. The van der Waals surface area contributed by atoms with Crippen LogP contribution >= 0.6 is 0 Å². The number of carbonyl (C=O) groups is 1. The normalized spacial score (nSPS) is 16.2. The molecule has 0 spiro atoms. The molecule has 1 aliphatic rings. The van der Waals surface area contributed by atoms with Crippen molar-refractivity contribution in [3.05, 3.63) is 40.7 Å². The maximum atomic E-state index is 13.4. The SMILES string of the molecule is CCS(=O)(=O)N1CCN(C(=O)Cn2cnc3ccc(F)cc3c2=O)CC1. The Morgan fingerprint density at radius 3 is 2.58 bits per heavy atom. The molecule has 1 aromatic carbocycles. The van der Waals surface area contributed by atoms with Crippen molar-refractivity contribution in [3.8, 4) is 0 Å². The van der Waals surface area contributed by atoms with Crippen LogP contribution in [0.3, 0.4) is 0 Å². The molecule has 2 heterocycles. The van der Waals surface area contributed by atoms with Crippen LogP contribution in [0.15, 0.2) is 29.3 Å². The number of rotatable bonds is 4. The van der Waals surface area contributed by atoms with Crippen LogP contribution in [0.2, 0.25) is 0 Å². The molecule has 1 saturated heterocycles. The first-order valence-corrected chi connectivity index (χ1v) is 9.83. The van der Waals surface area contributed by atoms with E-state index in [4.69, 9.17) is 0 Å². The van der Waals surface area contributed by atoms with E-state index in [0.717, 1.165) is 10.6 Å². The summed E-state index contributed by atoms with van der Waals surface area (Å²) in [6.07, 6.45) is 1.26. The lowest BCUT2D eigenvalue weighted by Gasteiger charge is -2.33. The fourth-order valence-electron chi connectivity index (χ4n) is 2.89. The quantitative estimate of drug-likeness (QED) is 0.744. The maximum absolute atomic E-state index is 13.4. The molecule has 140 valence electrons. The third kappa shape index (κ3) is 3.61. The van der Waals surface area contributed by atoms with Crippen molar-refractivity contribution in [1.29, 1.82) is 0 Å². The fourth-order valence-corrected chi connectivity index (χ4v) is 3.97. The van der Waals surface area contributed by atoms with Gasteiger partial charge in [-0.25, -0.2) is 17.8 Å². The van der Waals surface area contributed by atoms with Gasteiger partial charge >= 0.3 is 0 Å². The molecule has 8 nitrogen and oxygen atoms in total. The van der Waals surface area contributed by atoms with Crippen molar-refractivity contribution in [2.75, 3.05) is 31.9 Å². The minimum Gasteiger partial charge on any atom is -0.338 e. The third-order valence-corrected chi connectivity index (χ3v) is 6.32. The molecule has 0 aliphatic carbocycles. The summed E-state index contributed by atoms with van der Waals surface area (Å²) in [5, 5.41) is 0.110. The van der Waals surface area contributed by atoms with Crippen LogP contribution in [0.4, 0.5) is 4.39 Å². The molecular weight excluding hydrogens is 363 g/mol. The lowest BCUT2D eigenvalue weighted by Crippen LogP contribution is -2.51. The molecule has 0 N–H and O–H groups in total. The zero-order chi connectivity index (χ0) is 18.9. The summed E-state index contributed by atoms with van der Waals surface area (Å²) in [7, 11) is -3.27. The van der Waals surface area contributed by atoms with Crippen LogP contribution in [0.5, 0.6) is 0 Å². The maximum Gasteiger partial charge on any atom is 0.261 e. The number of halogens is 1. The zero-order valence-corrected chi connectivity index (χ0v) is 15.1. The highest BCUT2D eigenvalue weighted by Crippen LogP contribution is 2.10. The van der Waals surface area contributed by atoms with Gasteiger partial charge in [-0.2, -0.15) is 4.31 Å². The van der Waals surface area contributed by atoms with E-state index in [9.17, 15) is 22.4 Å². The van der Waals surface area contributed by atoms with Crippen LogP contribution in [0, 0.1) is 5.82 Å². The lowest BCUT2D eigenvalue weighted by molar-refractivity contribution is -0.133. The number of benzene rings is 1. The van der Waals surface area contributed by atoms with Gasteiger partial charge in [-0.05, 0) is 25.1 Å². The average Bonchev–Trinajstić information content (AvgIpc) is 2.64. The Morgan fingerprint density at radius 2 is 1.92 bits per heavy atom. The Morgan fingerprint density at radius 1 is 1.23 bits per heavy atom. The molecule has 0 radical (unpaired) electrons. The first-order valence-electron chi connectivity index (χ1n) is 8.22. The van der Waals surface area contributed by atoms with Gasteiger partial charge in [0.15, 0.2) is 0 Å². The molecule has 2 aromatic rings. The van der Waals surface area contributed by atoms with E-state index in [2.05, 4.69) is 4.98 Å². The molecule has 10 heteroatoms. The standard InChI is InChI=1S/C16H19FN4O4S/c1-2-26(24,25)21-7-5-19(6-8-21)15(22)10-20-11-18-14-4-3-12(17)9-13(14)16(20)23/h3-4,9,11H,2,5-8,10H2,1H3. The number of amides is 1. The monoisotopic (exact) mass is 382 g/mol. The van der Waals surface area contributed by atoms with Crippen LogP contribution < -0.4 is 5.56 Å². The van der Waals surface area contributed by atoms with Crippen molar-refractivity contribution in [3.63, 3.8) is 0 Å². The van der Waals surface area contributed by atoms with Crippen molar-refractivity contribution in [1.82, 2.24) is 18.8 Å². The molecule has 0 saturated carbocycles. The molecule has 0 unspecified atom stereocenters. The van der Waals surface area contributed by atoms with Crippen LogP contribution in [0.1, 0.15) is 6.92 Å². The Bertz CT molecular complexity index is 997. The van der Waals surface area contributed by atoms with Crippen molar-refractivity contribution >= 4 is 26.8 Å². The van der Waals surface area contributed by atoms with Gasteiger partial charge in [0.1, 0.15) is 12.4 Å². The Kier molecular flexibility index (Phi) is 5.05. The number of nitrogens with zero attached hydrogens (tertiary/aromatic N) is 4. The minimum absolute atomic E-state index is 0.0235. The van der Waals surface area contributed by atoms with E-state index in [0.29, 0.717) is 5.52 Å². The number of hydrogen-bond acceptors (Lipinski definition) is 5. The number of sulfonamides is 1. The molecule has 0 atom stereocenters. The third-order valence-electron chi connectivity index (χ3n) is 4.44. The molecular formula is C16H19FN4O4S. The Balaban J connectivity index is 1.72. The number of piperazine rings is 1. The summed E-state index contributed by atoms with van der Waals surface area (Å²) >= 11 is 0. The van der Waals surface area contributed by atoms with Crippen LogP contribution in [0.25, 0.3) is 10.9 Å². The lowest BCUT2D eigenvalue weighted by atomic mass is 10.2. The van der Waals surface area contributed by atoms with Crippen molar-refractivity contribution in [2.24, 2.45) is 0 Å². The molecule has 26 heavy (non-hydrogen) atoms. The highest BCUT2D eigenvalue weighted by molar-refractivity contribution is 7.89. The van der Waals surface area contributed by atoms with E-state index >= 15 is 0 Å². The van der Waals surface area contributed by atoms with Gasteiger partial charge in [-0.3, -0.25) is 14.2 Å². The molecule has 1 amide bonds. The molecule has 3 rings (SSSR count). The van der Waals surface area contributed by atoms with Crippen molar-refractivity contribution in [2.45, 2.75) is 13.5 Å². The van der Waals surface area contributed by atoms with Gasteiger partial charge in [-0.15, -0.1) is 0 Å². The number of fused-ring (bicyclic) bond motifs is 1. The minimum atomic E-state index is -3.27. The van der Waals surface area contributed by atoms with E-state index in [-0.39, 0.29) is 49.8 Å². The second kappa shape index (κ2) is 7.12. The highest BCUT2D eigenvalue weighted by Gasteiger charge is 2.27. The second-order valence-corrected chi connectivity index (χ2v) is 8.28. The summed E-state index contributed by atoms with van der Waals surface area (Å²) < 4.78 is 39.6. The molecule has 1 aliphatic heterocycles. The highest BCUT2D eigenvalue weighted by atomic mass is 32.2. The van der Waals surface area contributed by atoms with E-state index in [1.54, 1.807) is 6.92 Å².